The molecular weight excluding hydrogens is 287 g/mol. The Kier molecular flexibility index (Phi) is 3.74. The van der Waals surface area contributed by atoms with Gasteiger partial charge in [0.05, 0.1) is 6.54 Å². The van der Waals surface area contributed by atoms with E-state index >= 15 is 0 Å². The zero-order chi connectivity index (χ0) is 14.2. The lowest BCUT2D eigenvalue weighted by atomic mass is 9.97. The second kappa shape index (κ2) is 5.02. The Hall–Kier alpha value is -1.26. The molecule has 0 aliphatic carbocycles. The molecule has 1 aliphatic heterocycles. The lowest BCUT2D eigenvalue weighted by Crippen LogP contribution is -2.63. The summed E-state index contributed by atoms with van der Waals surface area (Å²) in [5.41, 5.74) is -0.175. The topological polar surface area (TPSA) is 49.4 Å². The van der Waals surface area contributed by atoms with Crippen molar-refractivity contribution in [1.82, 2.24) is 10.2 Å². The second-order valence-electron chi connectivity index (χ2n) is 4.96. The molecule has 0 unspecified atom stereocenters. The van der Waals surface area contributed by atoms with E-state index in [1.54, 1.807) is 32.0 Å². The van der Waals surface area contributed by atoms with Gasteiger partial charge in [0.15, 0.2) is 0 Å². The molecule has 1 saturated heterocycles. The number of nitrogens with zero attached hydrogens (tertiary/aromatic N) is 1. The summed E-state index contributed by atoms with van der Waals surface area (Å²) in [6, 6.07) is 5.07. The Bertz CT molecular complexity index is 543. The number of hydrogen-bond donors (Lipinski definition) is 1. The van der Waals surface area contributed by atoms with Crippen LogP contribution in [-0.2, 0) is 16.1 Å². The number of rotatable bonds is 2. The highest BCUT2D eigenvalue weighted by atomic mass is 35.5. The molecule has 1 heterocycles. The van der Waals surface area contributed by atoms with Crippen molar-refractivity contribution in [1.29, 1.82) is 0 Å². The normalized spacial score (nSPS) is 18.4. The highest BCUT2D eigenvalue weighted by Crippen LogP contribution is 2.26. The molecule has 2 rings (SSSR count). The summed E-state index contributed by atoms with van der Waals surface area (Å²) in [5, 5.41) is 3.65. The fourth-order valence-electron chi connectivity index (χ4n) is 2.02. The van der Waals surface area contributed by atoms with Gasteiger partial charge in [-0.2, -0.15) is 0 Å². The average molecular weight is 301 g/mol. The Morgan fingerprint density at radius 3 is 2.68 bits per heavy atom. The van der Waals surface area contributed by atoms with Gasteiger partial charge in [-0.1, -0.05) is 23.2 Å². The Balaban J connectivity index is 2.32. The molecule has 0 bridgehead atoms. The van der Waals surface area contributed by atoms with E-state index in [4.69, 9.17) is 23.2 Å². The van der Waals surface area contributed by atoms with Crippen molar-refractivity contribution in [2.75, 3.05) is 6.54 Å². The molecule has 0 aromatic heterocycles. The van der Waals surface area contributed by atoms with E-state index in [1.807, 2.05) is 0 Å². The molecule has 1 aromatic rings. The van der Waals surface area contributed by atoms with Crippen molar-refractivity contribution < 1.29 is 9.59 Å². The third kappa shape index (κ3) is 2.69. The fraction of sp³-hybridized carbons (Fsp3) is 0.385. The van der Waals surface area contributed by atoms with Crippen LogP contribution in [0.5, 0.6) is 0 Å². The largest absolute Gasteiger partial charge is 0.345 e. The number of benzene rings is 1. The summed E-state index contributed by atoms with van der Waals surface area (Å²) in [5.74, 6) is -0.314. The lowest BCUT2D eigenvalue weighted by molar-refractivity contribution is -0.152. The molecule has 4 nitrogen and oxygen atoms in total. The first kappa shape index (κ1) is 14.2. The first-order valence-corrected chi connectivity index (χ1v) is 6.60. The minimum absolute atomic E-state index is 0.0143. The molecule has 0 saturated carbocycles. The molecule has 1 aromatic carbocycles. The molecule has 0 radical (unpaired) electrons. The third-order valence-corrected chi connectivity index (χ3v) is 3.87. The maximum Gasteiger partial charge on any atom is 0.245 e. The van der Waals surface area contributed by atoms with Gasteiger partial charge in [0, 0.05) is 16.6 Å². The van der Waals surface area contributed by atoms with Gasteiger partial charge < -0.3 is 10.2 Å². The van der Waals surface area contributed by atoms with E-state index in [2.05, 4.69) is 5.32 Å². The van der Waals surface area contributed by atoms with Gasteiger partial charge in [-0.3, -0.25) is 9.59 Å². The third-order valence-electron chi connectivity index (χ3n) is 3.27. The molecule has 1 fully saturated rings. The molecule has 6 heteroatoms. The Morgan fingerprint density at radius 1 is 1.32 bits per heavy atom. The van der Waals surface area contributed by atoms with Gasteiger partial charge in [-0.25, -0.2) is 0 Å². The minimum Gasteiger partial charge on any atom is -0.345 e. The quantitative estimate of drug-likeness (QED) is 0.910. The number of halogens is 2. The fourth-order valence-corrected chi connectivity index (χ4v) is 2.39. The van der Waals surface area contributed by atoms with Crippen molar-refractivity contribution in [2.45, 2.75) is 25.9 Å². The van der Waals surface area contributed by atoms with E-state index in [9.17, 15) is 9.59 Å². The maximum absolute atomic E-state index is 12.0. The van der Waals surface area contributed by atoms with Gasteiger partial charge in [0.1, 0.15) is 5.54 Å². The van der Waals surface area contributed by atoms with E-state index < -0.39 is 5.54 Å². The standard InChI is InChI=1S/C13H14Cl2N2O2/c1-13(2)12(19)16-6-11(18)17(13)7-8-5-9(14)3-4-10(8)15/h3-5H,6-7H2,1-2H3,(H,16,19). The average Bonchev–Trinajstić information content (AvgIpc) is 2.34. The molecule has 0 atom stereocenters. The highest BCUT2D eigenvalue weighted by Gasteiger charge is 2.41. The van der Waals surface area contributed by atoms with Crippen LogP contribution in [-0.4, -0.2) is 28.8 Å². The smallest absolute Gasteiger partial charge is 0.245 e. The first-order valence-electron chi connectivity index (χ1n) is 5.85. The molecular formula is C13H14Cl2N2O2. The van der Waals surface area contributed by atoms with E-state index in [0.717, 1.165) is 5.56 Å². The number of hydrogen-bond acceptors (Lipinski definition) is 2. The zero-order valence-electron chi connectivity index (χ0n) is 10.7. The Morgan fingerprint density at radius 2 is 2.00 bits per heavy atom. The number of amides is 2. The summed E-state index contributed by atoms with van der Waals surface area (Å²) in [6.07, 6.45) is 0. The van der Waals surface area contributed by atoms with Crippen LogP contribution >= 0.6 is 23.2 Å². The van der Waals surface area contributed by atoms with Crippen LogP contribution in [0.25, 0.3) is 0 Å². The van der Waals surface area contributed by atoms with Crippen LogP contribution in [0.4, 0.5) is 0 Å². The van der Waals surface area contributed by atoms with Gasteiger partial charge in [0.2, 0.25) is 11.8 Å². The van der Waals surface area contributed by atoms with E-state index in [-0.39, 0.29) is 24.9 Å². The monoisotopic (exact) mass is 300 g/mol. The van der Waals surface area contributed by atoms with Crippen molar-refractivity contribution in [2.24, 2.45) is 0 Å². The van der Waals surface area contributed by atoms with Crippen LogP contribution in [0.15, 0.2) is 18.2 Å². The lowest BCUT2D eigenvalue weighted by Gasteiger charge is -2.41. The van der Waals surface area contributed by atoms with Crippen molar-refractivity contribution in [3.63, 3.8) is 0 Å². The first-order chi connectivity index (χ1) is 8.82. The minimum atomic E-state index is -0.902. The predicted molar refractivity (Wildman–Crippen MR) is 74.1 cm³/mol. The van der Waals surface area contributed by atoms with E-state index in [1.165, 1.54) is 4.90 Å². The van der Waals surface area contributed by atoms with Crippen LogP contribution in [0.2, 0.25) is 10.0 Å². The molecule has 1 N–H and O–H groups in total. The number of carbonyl (C=O) groups is 2. The van der Waals surface area contributed by atoms with E-state index in [0.29, 0.717) is 10.0 Å². The molecule has 102 valence electrons. The van der Waals surface area contributed by atoms with Gasteiger partial charge in [-0.05, 0) is 37.6 Å². The second-order valence-corrected chi connectivity index (χ2v) is 5.80. The van der Waals surface area contributed by atoms with Crippen LogP contribution in [0.1, 0.15) is 19.4 Å². The molecule has 2 amide bonds. The van der Waals surface area contributed by atoms with Crippen molar-refractivity contribution in [3.8, 4) is 0 Å². The van der Waals surface area contributed by atoms with Crippen LogP contribution in [0.3, 0.4) is 0 Å². The predicted octanol–water partition coefficient (Wildman–Crippen LogP) is 2.23. The molecule has 19 heavy (non-hydrogen) atoms. The molecule has 1 aliphatic rings. The number of piperazine rings is 1. The zero-order valence-corrected chi connectivity index (χ0v) is 12.2. The summed E-state index contributed by atoms with van der Waals surface area (Å²) in [4.78, 5) is 25.4. The molecule has 0 spiro atoms. The summed E-state index contributed by atoms with van der Waals surface area (Å²) < 4.78 is 0. The summed E-state index contributed by atoms with van der Waals surface area (Å²) in [6.45, 7) is 3.69. The van der Waals surface area contributed by atoms with Gasteiger partial charge in [0.25, 0.3) is 0 Å². The summed E-state index contributed by atoms with van der Waals surface area (Å²) >= 11 is 12.0. The van der Waals surface area contributed by atoms with Crippen LogP contribution in [0, 0.1) is 0 Å². The highest BCUT2D eigenvalue weighted by molar-refractivity contribution is 6.33. The van der Waals surface area contributed by atoms with Crippen molar-refractivity contribution >= 4 is 35.0 Å². The van der Waals surface area contributed by atoms with Crippen molar-refractivity contribution in [3.05, 3.63) is 33.8 Å². The van der Waals surface area contributed by atoms with Crippen LogP contribution < -0.4 is 5.32 Å². The number of carbonyl (C=O) groups excluding carboxylic acids is 2. The Labute approximate surface area is 121 Å². The van der Waals surface area contributed by atoms with Gasteiger partial charge >= 0.3 is 0 Å². The maximum atomic E-state index is 12.0. The SMILES string of the molecule is CC1(C)C(=O)NCC(=O)N1Cc1cc(Cl)ccc1Cl. The summed E-state index contributed by atoms with van der Waals surface area (Å²) in [7, 11) is 0. The van der Waals surface area contributed by atoms with Gasteiger partial charge in [-0.15, -0.1) is 0 Å². The number of nitrogens with one attached hydrogen (secondary N) is 1.